The summed E-state index contributed by atoms with van der Waals surface area (Å²) in [5.74, 6) is -0.570. The maximum absolute atomic E-state index is 13.8. The molecule has 0 radical (unpaired) electrons. The minimum atomic E-state index is -0.357. The van der Waals surface area contributed by atoms with Crippen molar-refractivity contribution in [2.24, 2.45) is 0 Å². The maximum Gasteiger partial charge on any atom is 0.270 e. The lowest BCUT2D eigenvalue weighted by Gasteiger charge is -2.17. The van der Waals surface area contributed by atoms with Crippen LogP contribution in [-0.2, 0) is 4.79 Å². The summed E-state index contributed by atoms with van der Waals surface area (Å²) in [6.07, 6.45) is 1.55. The van der Waals surface area contributed by atoms with Crippen LogP contribution in [0, 0.1) is 19.7 Å². The molecule has 116 valence electrons. The standard InChI is InChI=1S/C18H14FNOS2/c1-11-7-8-15(12(2)9-11)20-17(21)16(23-18(20)22)10-13-5-3-4-6-14(13)19/h3-10H,1-2H3/b16-10+. The number of aryl methyl sites for hydroxylation is 2. The zero-order chi connectivity index (χ0) is 16.6. The quantitative estimate of drug-likeness (QED) is 0.574. The van der Waals surface area contributed by atoms with Gasteiger partial charge in [-0.3, -0.25) is 9.69 Å². The van der Waals surface area contributed by atoms with Crippen LogP contribution in [-0.4, -0.2) is 10.2 Å². The van der Waals surface area contributed by atoms with Crippen molar-refractivity contribution >= 4 is 46.0 Å². The number of carbonyl (C=O) groups excluding carboxylic acids is 1. The van der Waals surface area contributed by atoms with Crippen molar-refractivity contribution in [2.75, 3.05) is 4.90 Å². The molecular formula is C18H14FNOS2. The van der Waals surface area contributed by atoms with E-state index < -0.39 is 0 Å². The van der Waals surface area contributed by atoms with Gasteiger partial charge in [-0.2, -0.15) is 0 Å². The van der Waals surface area contributed by atoms with Gasteiger partial charge in [0.1, 0.15) is 5.82 Å². The number of nitrogens with zero attached hydrogens (tertiary/aromatic N) is 1. The molecule has 0 bridgehead atoms. The fourth-order valence-electron chi connectivity index (χ4n) is 2.47. The van der Waals surface area contributed by atoms with Gasteiger partial charge < -0.3 is 0 Å². The van der Waals surface area contributed by atoms with Crippen LogP contribution in [0.1, 0.15) is 16.7 Å². The van der Waals surface area contributed by atoms with Gasteiger partial charge in [-0.1, -0.05) is 59.9 Å². The Hall–Kier alpha value is -1.98. The molecule has 0 aliphatic carbocycles. The van der Waals surface area contributed by atoms with Crippen LogP contribution in [0.4, 0.5) is 10.1 Å². The Morgan fingerprint density at radius 3 is 2.61 bits per heavy atom. The number of thioether (sulfide) groups is 1. The van der Waals surface area contributed by atoms with Crippen molar-refractivity contribution in [3.63, 3.8) is 0 Å². The van der Waals surface area contributed by atoms with E-state index in [-0.39, 0.29) is 11.7 Å². The molecule has 0 saturated carbocycles. The van der Waals surface area contributed by atoms with Gasteiger partial charge in [0.2, 0.25) is 0 Å². The number of hydrogen-bond acceptors (Lipinski definition) is 3. The molecule has 0 spiro atoms. The van der Waals surface area contributed by atoms with E-state index in [1.165, 1.54) is 22.7 Å². The molecule has 2 aromatic rings. The number of amides is 1. The summed E-state index contributed by atoms with van der Waals surface area (Å²) in [6.45, 7) is 3.95. The predicted molar refractivity (Wildman–Crippen MR) is 98.0 cm³/mol. The zero-order valence-corrected chi connectivity index (χ0v) is 14.3. The molecule has 0 atom stereocenters. The van der Waals surface area contributed by atoms with E-state index in [0.717, 1.165) is 16.8 Å². The first-order valence-corrected chi connectivity index (χ1v) is 8.29. The Kier molecular flexibility index (Phi) is 4.33. The number of carbonyl (C=O) groups is 1. The highest BCUT2D eigenvalue weighted by molar-refractivity contribution is 8.27. The number of anilines is 1. The molecule has 0 unspecified atom stereocenters. The number of thiocarbonyl (C=S) groups is 1. The van der Waals surface area contributed by atoms with Gasteiger partial charge in [0.15, 0.2) is 4.32 Å². The molecule has 1 saturated heterocycles. The largest absolute Gasteiger partial charge is 0.270 e. The smallest absolute Gasteiger partial charge is 0.268 e. The summed E-state index contributed by atoms with van der Waals surface area (Å²) >= 11 is 6.55. The molecule has 1 amide bonds. The third-order valence-corrected chi connectivity index (χ3v) is 4.88. The van der Waals surface area contributed by atoms with Gasteiger partial charge in [-0.25, -0.2) is 4.39 Å². The van der Waals surface area contributed by atoms with Crippen molar-refractivity contribution in [3.8, 4) is 0 Å². The second kappa shape index (κ2) is 6.26. The van der Waals surface area contributed by atoms with Crippen molar-refractivity contribution in [1.29, 1.82) is 0 Å². The van der Waals surface area contributed by atoms with E-state index in [1.807, 2.05) is 32.0 Å². The first-order chi connectivity index (χ1) is 11.0. The van der Waals surface area contributed by atoms with Gasteiger partial charge in [-0.05, 0) is 37.6 Å². The lowest BCUT2D eigenvalue weighted by Crippen LogP contribution is -2.28. The number of benzene rings is 2. The van der Waals surface area contributed by atoms with Crippen molar-refractivity contribution in [3.05, 3.63) is 69.9 Å². The molecular weight excluding hydrogens is 329 g/mol. The monoisotopic (exact) mass is 343 g/mol. The predicted octanol–water partition coefficient (Wildman–Crippen LogP) is 4.85. The molecule has 2 aromatic carbocycles. The lowest BCUT2D eigenvalue weighted by molar-refractivity contribution is -0.113. The van der Waals surface area contributed by atoms with Gasteiger partial charge in [0.25, 0.3) is 5.91 Å². The Morgan fingerprint density at radius 1 is 1.17 bits per heavy atom. The Labute approximate surface area is 144 Å². The van der Waals surface area contributed by atoms with Crippen LogP contribution < -0.4 is 4.90 Å². The van der Waals surface area contributed by atoms with E-state index >= 15 is 0 Å². The van der Waals surface area contributed by atoms with Crippen LogP contribution in [0.2, 0.25) is 0 Å². The second-order valence-corrected chi connectivity index (χ2v) is 7.00. The fraction of sp³-hybridized carbons (Fsp3) is 0.111. The van der Waals surface area contributed by atoms with Gasteiger partial charge in [0.05, 0.1) is 10.6 Å². The third kappa shape index (κ3) is 3.07. The summed E-state index contributed by atoms with van der Waals surface area (Å²) < 4.78 is 14.2. The van der Waals surface area contributed by atoms with E-state index in [2.05, 4.69) is 0 Å². The first-order valence-electron chi connectivity index (χ1n) is 7.07. The highest BCUT2D eigenvalue weighted by Crippen LogP contribution is 2.37. The number of hydrogen-bond donors (Lipinski definition) is 0. The first kappa shape index (κ1) is 15.9. The Bertz CT molecular complexity index is 845. The average molecular weight is 343 g/mol. The van der Waals surface area contributed by atoms with E-state index in [0.29, 0.717) is 14.8 Å². The van der Waals surface area contributed by atoms with Crippen LogP contribution in [0.15, 0.2) is 47.4 Å². The molecule has 1 aliphatic rings. The van der Waals surface area contributed by atoms with Gasteiger partial charge >= 0.3 is 0 Å². The van der Waals surface area contributed by atoms with E-state index in [1.54, 1.807) is 24.3 Å². The normalized spacial score (nSPS) is 16.5. The summed E-state index contributed by atoms with van der Waals surface area (Å²) in [5.41, 5.74) is 3.26. The van der Waals surface area contributed by atoms with E-state index in [9.17, 15) is 9.18 Å². The summed E-state index contributed by atoms with van der Waals surface area (Å²) in [4.78, 5) is 14.6. The van der Waals surface area contributed by atoms with Crippen LogP contribution in [0.5, 0.6) is 0 Å². The molecule has 0 N–H and O–H groups in total. The number of halogens is 1. The molecule has 5 heteroatoms. The minimum absolute atomic E-state index is 0.213. The van der Waals surface area contributed by atoms with Crippen LogP contribution >= 0.6 is 24.0 Å². The third-order valence-electron chi connectivity index (χ3n) is 3.58. The fourth-order valence-corrected chi connectivity index (χ4v) is 3.74. The summed E-state index contributed by atoms with van der Waals surface area (Å²) in [7, 11) is 0. The molecule has 1 aliphatic heterocycles. The van der Waals surface area contributed by atoms with Crippen LogP contribution in [0.25, 0.3) is 6.08 Å². The SMILES string of the molecule is Cc1ccc(N2C(=O)/C(=C\c3ccccc3F)SC2=S)c(C)c1. The highest BCUT2D eigenvalue weighted by atomic mass is 32.2. The highest BCUT2D eigenvalue weighted by Gasteiger charge is 2.34. The van der Waals surface area contributed by atoms with E-state index in [4.69, 9.17) is 12.2 Å². The molecule has 0 aromatic heterocycles. The molecule has 1 heterocycles. The van der Waals surface area contributed by atoms with Crippen molar-refractivity contribution in [2.45, 2.75) is 13.8 Å². The summed E-state index contributed by atoms with van der Waals surface area (Å²) in [5, 5.41) is 0. The molecule has 1 fully saturated rings. The Morgan fingerprint density at radius 2 is 1.91 bits per heavy atom. The van der Waals surface area contributed by atoms with Gasteiger partial charge in [0, 0.05) is 5.56 Å². The molecule has 23 heavy (non-hydrogen) atoms. The molecule has 3 rings (SSSR count). The lowest BCUT2D eigenvalue weighted by atomic mass is 10.1. The van der Waals surface area contributed by atoms with Crippen molar-refractivity contribution in [1.82, 2.24) is 0 Å². The topological polar surface area (TPSA) is 20.3 Å². The zero-order valence-electron chi connectivity index (χ0n) is 12.7. The second-order valence-electron chi connectivity index (χ2n) is 5.33. The maximum atomic E-state index is 13.8. The van der Waals surface area contributed by atoms with Crippen LogP contribution in [0.3, 0.4) is 0 Å². The average Bonchev–Trinajstić information content (AvgIpc) is 2.77. The molecule has 2 nitrogen and oxygen atoms in total. The minimum Gasteiger partial charge on any atom is -0.268 e. The number of rotatable bonds is 2. The van der Waals surface area contributed by atoms with Gasteiger partial charge in [-0.15, -0.1) is 0 Å². The summed E-state index contributed by atoms with van der Waals surface area (Å²) in [6, 6.07) is 12.2. The van der Waals surface area contributed by atoms with Crippen molar-refractivity contribution < 1.29 is 9.18 Å². The Balaban J connectivity index is 1.99.